The largest absolute Gasteiger partial charge is 0.465 e. The predicted octanol–water partition coefficient (Wildman–Crippen LogP) is 0.837. The van der Waals surface area contributed by atoms with Crippen molar-refractivity contribution in [3.63, 3.8) is 0 Å². The molecule has 0 radical (unpaired) electrons. The molecule has 2 rings (SSSR count). The molecule has 0 aromatic carbocycles. The Morgan fingerprint density at radius 2 is 2.33 bits per heavy atom. The molecule has 3 N–H and O–H groups in total. The van der Waals surface area contributed by atoms with Crippen LogP contribution in [0.2, 0.25) is 0 Å². The van der Waals surface area contributed by atoms with Crippen molar-refractivity contribution >= 4 is 45.9 Å². The third kappa shape index (κ3) is 4.08. The third-order valence-corrected chi connectivity index (χ3v) is 5.37. The molecule has 1 aliphatic heterocycles. The van der Waals surface area contributed by atoms with Crippen molar-refractivity contribution < 1.29 is 19.1 Å². The van der Waals surface area contributed by atoms with E-state index in [9.17, 15) is 14.4 Å². The number of nitrogens with two attached hydrogens (primary N) is 1. The number of ether oxygens (including phenoxy) is 1. The van der Waals surface area contributed by atoms with E-state index in [0.29, 0.717) is 30.0 Å². The summed E-state index contributed by atoms with van der Waals surface area (Å²) in [5.41, 5.74) is 6.19. The minimum absolute atomic E-state index is 0.229. The Labute approximate surface area is 148 Å². The molecule has 0 aliphatic carbocycles. The molecule has 7 nitrogen and oxygen atoms in total. The first-order valence-corrected chi connectivity index (χ1v) is 9.79. The van der Waals surface area contributed by atoms with Gasteiger partial charge in [-0.05, 0) is 36.3 Å². The highest BCUT2D eigenvalue weighted by Gasteiger charge is 2.36. The van der Waals surface area contributed by atoms with Crippen LogP contribution in [0.5, 0.6) is 0 Å². The van der Waals surface area contributed by atoms with Crippen LogP contribution in [0.3, 0.4) is 0 Å². The Bertz CT molecular complexity index is 620. The minimum Gasteiger partial charge on any atom is -0.465 e. The molecule has 2 atom stereocenters. The molecule has 2 heterocycles. The van der Waals surface area contributed by atoms with Gasteiger partial charge in [-0.15, -0.1) is 11.3 Å². The van der Waals surface area contributed by atoms with Gasteiger partial charge in [0.05, 0.1) is 18.7 Å². The molecule has 0 spiro atoms. The van der Waals surface area contributed by atoms with Crippen molar-refractivity contribution in [3.05, 3.63) is 17.0 Å². The molecule has 0 bridgehead atoms. The van der Waals surface area contributed by atoms with Gasteiger partial charge >= 0.3 is 5.97 Å². The summed E-state index contributed by atoms with van der Waals surface area (Å²) >= 11 is 2.91. The minimum atomic E-state index is -0.619. The lowest BCUT2D eigenvalue weighted by molar-refractivity contribution is -0.127. The van der Waals surface area contributed by atoms with Crippen molar-refractivity contribution in [3.8, 4) is 0 Å². The fraction of sp³-hybridized carbons (Fsp3) is 0.533. The molecule has 1 fully saturated rings. The lowest BCUT2D eigenvalue weighted by atomic mass is 10.2. The van der Waals surface area contributed by atoms with E-state index in [1.54, 1.807) is 23.2 Å². The summed E-state index contributed by atoms with van der Waals surface area (Å²) in [6.07, 6.45) is 3.00. The maximum Gasteiger partial charge on any atom is 0.340 e. The van der Waals surface area contributed by atoms with Gasteiger partial charge in [0.25, 0.3) is 0 Å². The third-order valence-electron chi connectivity index (χ3n) is 3.79. The molecule has 1 aromatic heterocycles. The summed E-state index contributed by atoms with van der Waals surface area (Å²) in [6, 6.07) is 0.403. The molecule has 1 aromatic rings. The fourth-order valence-corrected chi connectivity index (χ4v) is 3.86. The number of thiophene rings is 1. The first kappa shape index (κ1) is 18.8. The smallest absolute Gasteiger partial charge is 0.340 e. The maximum atomic E-state index is 12.6. The lowest BCUT2D eigenvalue weighted by Gasteiger charge is -2.18. The van der Waals surface area contributed by atoms with E-state index in [2.05, 4.69) is 5.32 Å². The summed E-state index contributed by atoms with van der Waals surface area (Å²) in [5, 5.41) is 5.00. The quantitative estimate of drug-likeness (QED) is 0.689. The van der Waals surface area contributed by atoms with Gasteiger partial charge in [0.1, 0.15) is 11.0 Å². The highest BCUT2D eigenvalue weighted by atomic mass is 32.2. The van der Waals surface area contributed by atoms with Crippen LogP contribution in [0.4, 0.5) is 5.00 Å². The second-order valence-corrected chi connectivity index (χ2v) is 7.24. The first-order chi connectivity index (χ1) is 11.5. The summed E-state index contributed by atoms with van der Waals surface area (Å²) < 4.78 is 4.73. The molecule has 1 saturated heterocycles. The van der Waals surface area contributed by atoms with Gasteiger partial charge in [-0.1, -0.05) is 0 Å². The van der Waals surface area contributed by atoms with Crippen LogP contribution in [0.25, 0.3) is 0 Å². The Morgan fingerprint density at radius 3 is 3.00 bits per heavy atom. The highest BCUT2D eigenvalue weighted by molar-refractivity contribution is 7.98. The van der Waals surface area contributed by atoms with Crippen LogP contribution < -0.4 is 16.0 Å². The number of hydrogen-bond acceptors (Lipinski definition) is 7. The number of methoxy groups -OCH3 is 1. The number of nitrogens with one attached hydrogen (secondary N) is 1. The highest BCUT2D eigenvalue weighted by Crippen LogP contribution is 2.31. The zero-order valence-electron chi connectivity index (χ0n) is 13.6. The van der Waals surface area contributed by atoms with E-state index < -0.39 is 18.1 Å². The van der Waals surface area contributed by atoms with Gasteiger partial charge in [0.2, 0.25) is 11.8 Å². The van der Waals surface area contributed by atoms with Crippen molar-refractivity contribution in [2.45, 2.75) is 24.9 Å². The van der Waals surface area contributed by atoms with Gasteiger partial charge < -0.3 is 20.7 Å². The summed E-state index contributed by atoms with van der Waals surface area (Å²) in [4.78, 5) is 37.9. The van der Waals surface area contributed by atoms with Gasteiger partial charge in [-0.3, -0.25) is 9.59 Å². The number of anilines is 1. The van der Waals surface area contributed by atoms with Crippen molar-refractivity contribution in [2.24, 2.45) is 5.73 Å². The van der Waals surface area contributed by atoms with Gasteiger partial charge in [-0.25, -0.2) is 4.79 Å². The molecule has 0 saturated carbocycles. The number of amides is 2. The Hall–Kier alpha value is -1.58. The summed E-state index contributed by atoms with van der Waals surface area (Å²) in [6.45, 7) is 0.439. The predicted molar refractivity (Wildman–Crippen MR) is 95.5 cm³/mol. The zero-order valence-corrected chi connectivity index (χ0v) is 15.2. The number of hydrogen-bond donors (Lipinski definition) is 2. The van der Waals surface area contributed by atoms with E-state index in [1.165, 1.54) is 23.3 Å². The monoisotopic (exact) mass is 371 g/mol. The number of nitrogens with zero attached hydrogens (tertiary/aromatic N) is 1. The molecule has 132 valence electrons. The molecule has 24 heavy (non-hydrogen) atoms. The van der Waals surface area contributed by atoms with Gasteiger partial charge in [0, 0.05) is 6.54 Å². The molecular weight excluding hydrogens is 350 g/mol. The van der Waals surface area contributed by atoms with Crippen LogP contribution in [0, 0.1) is 0 Å². The molecule has 1 unspecified atom stereocenters. The van der Waals surface area contributed by atoms with Crippen LogP contribution in [0.15, 0.2) is 11.4 Å². The summed E-state index contributed by atoms with van der Waals surface area (Å²) in [7, 11) is 1.30. The Kier molecular flexibility index (Phi) is 6.64. The van der Waals surface area contributed by atoms with Crippen LogP contribution >= 0.6 is 23.1 Å². The van der Waals surface area contributed by atoms with Crippen LogP contribution in [-0.2, 0) is 14.3 Å². The topological polar surface area (TPSA) is 102 Å². The molecule has 9 heteroatoms. The lowest BCUT2D eigenvalue weighted by Crippen LogP contribution is -2.48. The second kappa shape index (κ2) is 8.50. The molecular formula is C15H21N3O4S2. The van der Waals surface area contributed by atoms with Crippen molar-refractivity contribution in [1.29, 1.82) is 0 Å². The average Bonchev–Trinajstić information content (AvgIpc) is 3.19. The first-order valence-electron chi connectivity index (χ1n) is 7.51. The number of rotatable bonds is 7. The number of carbonyl (C=O) groups is 3. The summed E-state index contributed by atoms with van der Waals surface area (Å²) in [5.74, 6) is -0.237. The van der Waals surface area contributed by atoms with E-state index in [1.807, 2.05) is 6.26 Å². The van der Waals surface area contributed by atoms with E-state index in [4.69, 9.17) is 10.5 Å². The molecule has 1 aliphatic rings. The Balaban J connectivity index is 2.02. The number of esters is 1. The fourth-order valence-electron chi connectivity index (χ4n) is 2.45. The molecule has 2 amide bonds. The number of thioether (sulfide) groups is 1. The average molecular weight is 371 g/mol. The van der Waals surface area contributed by atoms with Crippen molar-refractivity contribution in [2.75, 3.05) is 30.6 Å². The zero-order chi connectivity index (χ0) is 17.7. The van der Waals surface area contributed by atoms with Crippen LogP contribution in [0.1, 0.15) is 23.2 Å². The van der Waals surface area contributed by atoms with Crippen molar-refractivity contribution in [1.82, 2.24) is 5.32 Å². The second-order valence-electron chi connectivity index (χ2n) is 5.36. The SMILES string of the molecule is COC(=O)c1ccsc1N1CCC(NC(=O)[C@@H](N)CCSC)C1=O. The van der Waals surface area contributed by atoms with E-state index >= 15 is 0 Å². The van der Waals surface area contributed by atoms with E-state index in [-0.39, 0.29) is 11.8 Å². The Morgan fingerprint density at radius 1 is 1.58 bits per heavy atom. The van der Waals surface area contributed by atoms with E-state index in [0.717, 1.165) is 5.75 Å². The maximum absolute atomic E-state index is 12.6. The number of carbonyl (C=O) groups excluding carboxylic acids is 3. The van der Waals surface area contributed by atoms with Crippen LogP contribution in [-0.4, -0.2) is 55.5 Å². The normalized spacial score (nSPS) is 18.5. The standard InChI is InChI=1S/C15H21N3O4S2/c1-22-15(21)9-4-8-24-14(9)18-6-3-11(13(18)20)17-12(19)10(16)5-7-23-2/h4,8,10-11H,3,5-7,16H2,1-2H3,(H,17,19)/t10-,11?/m0/s1. The van der Waals surface area contributed by atoms with Gasteiger partial charge in [0.15, 0.2) is 0 Å². The van der Waals surface area contributed by atoms with Gasteiger partial charge in [-0.2, -0.15) is 11.8 Å².